The van der Waals surface area contributed by atoms with Gasteiger partial charge in [-0.05, 0) is 25.0 Å². The van der Waals surface area contributed by atoms with Crippen LogP contribution in [0.5, 0.6) is 0 Å². The molecule has 3 heterocycles. The molecule has 7 nitrogen and oxygen atoms in total. The van der Waals surface area contributed by atoms with Gasteiger partial charge in [0.15, 0.2) is 0 Å². The molecule has 2 aromatic rings. The molecule has 0 aliphatic carbocycles. The van der Waals surface area contributed by atoms with Gasteiger partial charge in [-0.1, -0.05) is 13.8 Å². The fourth-order valence-corrected chi connectivity index (χ4v) is 2.94. The third-order valence-electron chi connectivity index (χ3n) is 4.47. The Morgan fingerprint density at radius 2 is 2.00 bits per heavy atom. The maximum atomic E-state index is 12.7. The molecule has 1 aliphatic rings. The van der Waals surface area contributed by atoms with Gasteiger partial charge in [0.2, 0.25) is 5.91 Å². The summed E-state index contributed by atoms with van der Waals surface area (Å²) in [5.41, 5.74) is 0.547. The van der Waals surface area contributed by atoms with Gasteiger partial charge in [-0.3, -0.25) is 9.59 Å². The Balaban J connectivity index is 1.63. The van der Waals surface area contributed by atoms with Crippen molar-refractivity contribution in [3.63, 3.8) is 0 Å². The summed E-state index contributed by atoms with van der Waals surface area (Å²) in [5, 5.41) is 2.73. The average Bonchev–Trinajstić information content (AvgIpc) is 3.16. The van der Waals surface area contributed by atoms with E-state index >= 15 is 0 Å². The number of pyridine rings is 1. The lowest BCUT2D eigenvalue weighted by molar-refractivity contribution is -0.118. The Labute approximate surface area is 146 Å². The molecule has 0 unspecified atom stereocenters. The zero-order valence-corrected chi connectivity index (χ0v) is 14.5. The van der Waals surface area contributed by atoms with E-state index in [4.69, 9.17) is 0 Å². The molecule has 0 aromatic carbocycles. The normalized spacial score (nSPS) is 15.4. The number of H-pyrrole nitrogens is 1. The van der Waals surface area contributed by atoms with Crippen LogP contribution in [0.2, 0.25) is 0 Å². The summed E-state index contributed by atoms with van der Waals surface area (Å²) in [5.74, 6) is 1.50. The molecular weight excluding hydrogens is 318 g/mol. The number of piperidine rings is 1. The van der Waals surface area contributed by atoms with Crippen molar-refractivity contribution < 1.29 is 9.59 Å². The summed E-state index contributed by atoms with van der Waals surface area (Å²) < 4.78 is 0. The van der Waals surface area contributed by atoms with Crippen molar-refractivity contribution in [3.05, 3.63) is 42.1 Å². The summed E-state index contributed by atoms with van der Waals surface area (Å²) in [6, 6.07) is 3.33. The SMILES string of the molecule is CC(C)C(=O)Nc1cc(C(=O)N2CCC(c3ncc[nH]3)CC2)ccn1. The van der Waals surface area contributed by atoms with Crippen molar-refractivity contribution in [3.8, 4) is 0 Å². The summed E-state index contributed by atoms with van der Waals surface area (Å²) >= 11 is 0. The first kappa shape index (κ1) is 17.1. The second kappa shape index (κ2) is 7.46. The predicted molar refractivity (Wildman–Crippen MR) is 94.2 cm³/mol. The van der Waals surface area contributed by atoms with E-state index in [9.17, 15) is 9.59 Å². The first-order chi connectivity index (χ1) is 12.0. The summed E-state index contributed by atoms with van der Waals surface area (Å²) in [6.45, 7) is 5.02. The highest BCUT2D eigenvalue weighted by atomic mass is 16.2. The molecule has 25 heavy (non-hydrogen) atoms. The van der Waals surface area contributed by atoms with Crippen LogP contribution in [0.1, 0.15) is 48.8 Å². The van der Waals surface area contributed by atoms with Gasteiger partial charge >= 0.3 is 0 Å². The number of hydrogen-bond acceptors (Lipinski definition) is 4. The third kappa shape index (κ3) is 4.04. The second-order valence-electron chi connectivity index (χ2n) is 6.61. The van der Waals surface area contributed by atoms with Crippen molar-refractivity contribution in [1.29, 1.82) is 0 Å². The molecule has 7 heteroatoms. The lowest BCUT2D eigenvalue weighted by atomic mass is 9.95. The smallest absolute Gasteiger partial charge is 0.254 e. The number of carbonyl (C=O) groups excluding carboxylic acids is 2. The molecule has 2 N–H and O–H groups in total. The number of carbonyl (C=O) groups is 2. The van der Waals surface area contributed by atoms with Crippen LogP contribution in [0, 0.1) is 5.92 Å². The molecule has 0 radical (unpaired) electrons. The maximum Gasteiger partial charge on any atom is 0.254 e. The van der Waals surface area contributed by atoms with Gasteiger partial charge in [-0.15, -0.1) is 0 Å². The number of hydrogen-bond donors (Lipinski definition) is 2. The van der Waals surface area contributed by atoms with Crippen molar-refractivity contribution in [2.45, 2.75) is 32.6 Å². The van der Waals surface area contributed by atoms with Gasteiger partial charge in [0.25, 0.3) is 5.91 Å². The lowest BCUT2D eigenvalue weighted by Crippen LogP contribution is -2.38. The van der Waals surface area contributed by atoms with E-state index in [1.807, 2.05) is 24.9 Å². The zero-order chi connectivity index (χ0) is 17.8. The Hall–Kier alpha value is -2.70. The molecule has 0 atom stereocenters. The number of nitrogens with one attached hydrogen (secondary N) is 2. The topological polar surface area (TPSA) is 91.0 Å². The van der Waals surface area contributed by atoms with Crippen LogP contribution in [-0.2, 0) is 4.79 Å². The molecule has 2 amide bonds. The van der Waals surface area contributed by atoms with E-state index in [1.165, 1.54) is 0 Å². The summed E-state index contributed by atoms with van der Waals surface area (Å²) in [7, 11) is 0. The number of aromatic nitrogens is 3. The highest BCUT2D eigenvalue weighted by Crippen LogP contribution is 2.26. The van der Waals surface area contributed by atoms with Crippen LogP contribution in [0.3, 0.4) is 0 Å². The first-order valence-electron chi connectivity index (χ1n) is 8.60. The van der Waals surface area contributed by atoms with Crippen LogP contribution < -0.4 is 5.32 Å². The monoisotopic (exact) mass is 341 g/mol. The number of likely N-dealkylation sites (tertiary alicyclic amines) is 1. The minimum atomic E-state index is -0.137. The van der Waals surface area contributed by atoms with Crippen LogP contribution in [0.4, 0.5) is 5.82 Å². The maximum absolute atomic E-state index is 12.7. The van der Waals surface area contributed by atoms with Crippen molar-refractivity contribution in [1.82, 2.24) is 19.9 Å². The molecule has 3 rings (SSSR count). The van der Waals surface area contributed by atoms with E-state index in [2.05, 4.69) is 20.3 Å². The van der Waals surface area contributed by atoms with Crippen LogP contribution >= 0.6 is 0 Å². The lowest BCUT2D eigenvalue weighted by Gasteiger charge is -2.31. The Morgan fingerprint density at radius 3 is 2.64 bits per heavy atom. The van der Waals surface area contributed by atoms with Gasteiger partial charge in [0.1, 0.15) is 11.6 Å². The first-order valence-corrected chi connectivity index (χ1v) is 8.60. The molecule has 1 saturated heterocycles. The van der Waals surface area contributed by atoms with Gasteiger partial charge in [0, 0.05) is 49.1 Å². The summed E-state index contributed by atoms with van der Waals surface area (Å²) in [6.07, 6.45) is 6.93. The Morgan fingerprint density at radius 1 is 1.24 bits per heavy atom. The minimum absolute atomic E-state index is 0.0275. The standard InChI is InChI=1S/C18H23N5O2/c1-12(2)17(24)22-15-11-14(3-6-19-15)18(25)23-9-4-13(5-10-23)16-20-7-8-21-16/h3,6-8,11-13H,4-5,9-10H2,1-2H3,(H,20,21)(H,19,22,24). The molecule has 1 aliphatic heterocycles. The quantitative estimate of drug-likeness (QED) is 0.893. The van der Waals surface area contributed by atoms with Crippen molar-refractivity contribution in [2.24, 2.45) is 5.92 Å². The summed E-state index contributed by atoms with van der Waals surface area (Å²) in [4.78, 5) is 38.0. The number of anilines is 1. The van der Waals surface area contributed by atoms with Crippen molar-refractivity contribution >= 4 is 17.6 Å². The van der Waals surface area contributed by atoms with Gasteiger partial charge in [-0.2, -0.15) is 0 Å². The van der Waals surface area contributed by atoms with E-state index in [1.54, 1.807) is 24.5 Å². The number of rotatable bonds is 4. The minimum Gasteiger partial charge on any atom is -0.348 e. The van der Waals surface area contributed by atoms with Gasteiger partial charge < -0.3 is 15.2 Å². The fraction of sp³-hybridized carbons (Fsp3) is 0.444. The van der Waals surface area contributed by atoms with Crippen molar-refractivity contribution in [2.75, 3.05) is 18.4 Å². The molecule has 132 valence electrons. The number of aromatic amines is 1. The van der Waals surface area contributed by atoms with Crippen LogP contribution in [0.25, 0.3) is 0 Å². The number of imidazole rings is 1. The van der Waals surface area contributed by atoms with E-state index in [0.717, 1.165) is 18.7 Å². The largest absolute Gasteiger partial charge is 0.348 e. The highest BCUT2D eigenvalue weighted by Gasteiger charge is 2.26. The van der Waals surface area contributed by atoms with Crippen LogP contribution in [-0.4, -0.2) is 44.8 Å². The molecule has 0 spiro atoms. The predicted octanol–water partition coefficient (Wildman–Crippen LogP) is 2.42. The Kier molecular flexibility index (Phi) is 5.11. The highest BCUT2D eigenvalue weighted by molar-refractivity contribution is 5.96. The molecule has 2 aromatic heterocycles. The van der Waals surface area contributed by atoms with E-state index in [0.29, 0.717) is 30.4 Å². The van der Waals surface area contributed by atoms with Gasteiger partial charge in [-0.25, -0.2) is 9.97 Å². The van der Waals surface area contributed by atoms with E-state index < -0.39 is 0 Å². The van der Waals surface area contributed by atoms with Crippen LogP contribution in [0.15, 0.2) is 30.7 Å². The Bertz CT molecular complexity index is 734. The number of nitrogens with zero attached hydrogens (tertiary/aromatic N) is 3. The second-order valence-corrected chi connectivity index (χ2v) is 6.61. The zero-order valence-electron chi connectivity index (χ0n) is 14.5. The molecular formula is C18H23N5O2. The van der Waals surface area contributed by atoms with E-state index in [-0.39, 0.29) is 17.7 Å². The average molecular weight is 341 g/mol. The van der Waals surface area contributed by atoms with Gasteiger partial charge in [0.05, 0.1) is 0 Å². The molecule has 0 saturated carbocycles. The molecule has 0 bridgehead atoms. The third-order valence-corrected chi connectivity index (χ3v) is 4.47. The number of amides is 2. The molecule has 1 fully saturated rings. The fourth-order valence-electron chi connectivity index (χ4n) is 2.94.